The number of terminal acetylenes is 1. The molecule has 1 saturated heterocycles. The van der Waals surface area contributed by atoms with Gasteiger partial charge in [-0.2, -0.15) is 4.72 Å². The van der Waals surface area contributed by atoms with Crippen LogP contribution in [0.1, 0.15) is 29.6 Å². The SMILES string of the molecule is C#CCNS(=O)(=O)c1ccc(C(=O)Nc2cccc(N3CCCCC3)c2)cc1. The molecular formula is C21H23N3O3S. The Morgan fingerprint density at radius 3 is 2.46 bits per heavy atom. The average Bonchev–Trinajstić information content (AvgIpc) is 2.73. The molecule has 1 amide bonds. The van der Waals surface area contributed by atoms with Gasteiger partial charge >= 0.3 is 0 Å². The molecule has 3 rings (SSSR count). The van der Waals surface area contributed by atoms with Gasteiger partial charge in [0.15, 0.2) is 0 Å². The van der Waals surface area contributed by atoms with E-state index >= 15 is 0 Å². The standard InChI is InChI=1S/C21H23N3O3S/c1-2-13-22-28(26,27)20-11-9-17(10-12-20)21(25)23-18-7-6-8-19(16-18)24-14-4-3-5-15-24/h1,6-12,16,22H,3-5,13-15H2,(H,23,25). The second-order valence-electron chi connectivity index (χ2n) is 6.61. The maximum Gasteiger partial charge on any atom is 0.255 e. The van der Waals surface area contributed by atoms with Crippen LogP contribution in [0.15, 0.2) is 53.4 Å². The Morgan fingerprint density at radius 1 is 1.07 bits per heavy atom. The molecule has 6 nitrogen and oxygen atoms in total. The van der Waals surface area contributed by atoms with Crippen LogP contribution >= 0.6 is 0 Å². The predicted octanol–water partition coefficient (Wildman–Crippen LogP) is 2.84. The molecule has 0 unspecified atom stereocenters. The normalized spacial score (nSPS) is 14.3. The fraction of sp³-hybridized carbons (Fsp3) is 0.286. The lowest BCUT2D eigenvalue weighted by molar-refractivity contribution is 0.102. The van der Waals surface area contributed by atoms with E-state index in [1.165, 1.54) is 43.5 Å². The fourth-order valence-corrected chi connectivity index (χ4v) is 4.08. The van der Waals surface area contributed by atoms with Gasteiger partial charge in [-0.15, -0.1) is 6.42 Å². The number of piperidine rings is 1. The molecule has 2 N–H and O–H groups in total. The van der Waals surface area contributed by atoms with E-state index in [-0.39, 0.29) is 17.3 Å². The highest BCUT2D eigenvalue weighted by Gasteiger charge is 2.15. The number of rotatable bonds is 6. The van der Waals surface area contributed by atoms with Gasteiger partial charge in [-0.25, -0.2) is 8.42 Å². The predicted molar refractivity (Wildman–Crippen MR) is 111 cm³/mol. The van der Waals surface area contributed by atoms with E-state index < -0.39 is 10.0 Å². The molecule has 1 aliphatic rings. The van der Waals surface area contributed by atoms with Crippen LogP contribution < -0.4 is 14.9 Å². The summed E-state index contributed by atoms with van der Waals surface area (Å²) in [7, 11) is -3.67. The van der Waals surface area contributed by atoms with E-state index in [9.17, 15) is 13.2 Å². The van der Waals surface area contributed by atoms with Gasteiger partial charge in [0.05, 0.1) is 11.4 Å². The summed E-state index contributed by atoms with van der Waals surface area (Å²) in [6.07, 6.45) is 8.70. The number of benzene rings is 2. The zero-order valence-electron chi connectivity index (χ0n) is 15.5. The molecule has 2 aromatic rings. The van der Waals surface area contributed by atoms with Gasteiger partial charge in [-0.05, 0) is 61.7 Å². The minimum Gasteiger partial charge on any atom is -0.371 e. The maximum absolute atomic E-state index is 12.5. The van der Waals surface area contributed by atoms with Crippen molar-refractivity contribution in [2.45, 2.75) is 24.2 Å². The lowest BCUT2D eigenvalue weighted by atomic mass is 10.1. The fourth-order valence-electron chi connectivity index (χ4n) is 3.14. The van der Waals surface area contributed by atoms with Crippen molar-refractivity contribution in [3.63, 3.8) is 0 Å². The molecule has 2 aromatic carbocycles. The molecule has 7 heteroatoms. The van der Waals surface area contributed by atoms with Crippen molar-refractivity contribution >= 4 is 27.3 Å². The van der Waals surface area contributed by atoms with Gasteiger partial charge in [-0.3, -0.25) is 4.79 Å². The van der Waals surface area contributed by atoms with Gasteiger partial charge in [-0.1, -0.05) is 12.0 Å². The highest BCUT2D eigenvalue weighted by atomic mass is 32.2. The number of anilines is 2. The van der Waals surface area contributed by atoms with Crippen molar-refractivity contribution in [1.82, 2.24) is 4.72 Å². The molecular weight excluding hydrogens is 374 g/mol. The van der Waals surface area contributed by atoms with Gasteiger partial charge < -0.3 is 10.2 Å². The summed E-state index contributed by atoms with van der Waals surface area (Å²) >= 11 is 0. The van der Waals surface area contributed by atoms with Crippen molar-refractivity contribution in [3.05, 3.63) is 54.1 Å². The summed E-state index contributed by atoms with van der Waals surface area (Å²) in [6.45, 7) is 1.97. The van der Waals surface area contributed by atoms with Crippen molar-refractivity contribution in [1.29, 1.82) is 0 Å². The molecule has 0 aromatic heterocycles. The number of nitrogens with zero attached hydrogens (tertiary/aromatic N) is 1. The van der Waals surface area contributed by atoms with Crippen molar-refractivity contribution in [2.75, 3.05) is 29.9 Å². The lowest BCUT2D eigenvalue weighted by Gasteiger charge is -2.29. The van der Waals surface area contributed by atoms with Crippen LogP contribution in [0.5, 0.6) is 0 Å². The van der Waals surface area contributed by atoms with Crippen LogP contribution in [0, 0.1) is 12.3 Å². The second kappa shape index (κ2) is 8.91. The third kappa shape index (κ3) is 4.91. The molecule has 1 fully saturated rings. The zero-order valence-corrected chi connectivity index (χ0v) is 16.3. The smallest absolute Gasteiger partial charge is 0.255 e. The Morgan fingerprint density at radius 2 is 1.79 bits per heavy atom. The van der Waals surface area contributed by atoms with E-state index in [1.807, 2.05) is 24.3 Å². The minimum absolute atomic E-state index is 0.0615. The first-order chi connectivity index (χ1) is 13.5. The van der Waals surface area contributed by atoms with Crippen LogP contribution in [0.25, 0.3) is 0 Å². The Hall–Kier alpha value is -2.82. The van der Waals surface area contributed by atoms with E-state index in [0.29, 0.717) is 11.3 Å². The summed E-state index contributed by atoms with van der Waals surface area (Å²) in [5.74, 6) is 1.93. The number of carbonyl (C=O) groups excluding carboxylic acids is 1. The number of hydrogen-bond acceptors (Lipinski definition) is 4. The van der Waals surface area contributed by atoms with E-state index in [2.05, 4.69) is 20.9 Å². The van der Waals surface area contributed by atoms with E-state index in [1.54, 1.807) is 0 Å². The number of carbonyl (C=O) groups is 1. The first kappa shape index (κ1) is 19.9. The van der Waals surface area contributed by atoms with Gasteiger partial charge in [0.2, 0.25) is 10.0 Å². The number of sulfonamides is 1. The minimum atomic E-state index is -3.67. The molecule has 0 radical (unpaired) electrons. The number of amides is 1. The van der Waals surface area contributed by atoms with Crippen LogP contribution in [0.2, 0.25) is 0 Å². The number of nitrogens with one attached hydrogen (secondary N) is 2. The van der Waals surface area contributed by atoms with Crippen molar-refractivity contribution < 1.29 is 13.2 Å². The van der Waals surface area contributed by atoms with E-state index in [0.717, 1.165) is 18.8 Å². The molecule has 28 heavy (non-hydrogen) atoms. The van der Waals surface area contributed by atoms with E-state index in [4.69, 9.17) is 6.42 Å². The molecule has 0 aliphatic carbocycles. The largest absolute Gasteiger partial charge is 0.371 e. The first-order valence-corrected chi connectivity index (χ1v) is 10.7. The van der Waals surface area contributed by atoms with Crippen LogP contribution in [-0.4, -0.2) is 34.0 Å². The Bertz CT molecular complexity index is 973. The van der Waals surface area contributed by atoms with Crippen LogP contribution in [0.3, 0.4) is 0 Å². The Kier molecular flexibility index (Phi) is 6.34. The molecule has 1 aliphatic heterocycles. The molecule has 1 heterocycles. The highest BCUT2D eigenvalue weighted by Crippen LogP contribution is 2.23. The summed E-state index contributed by atoms with van der Waals surface area (Å²) in [4.78, 5) is 14.9. The van der Waals surface area contributed by atoms with Crippen molar-refractivity contribution in [2.24, 2.45) is 0 Å². The maximum atomic E-state index is 12.5. The van der Waals surface area contributed by atoms with Crippen LogP contribution in [0.4, 0.5) is 11.4 Å². The summed E-state index contributed by atoms with van der Waals surface area (Å²) in [5, 5.41) is 2.87. The Labute approximate surface area is 166 Å². The lowest BCUT2D eigenvalue weighted by Crippen LogP contribution is -2.29. The summed E-state index contributed by atoms with van der Waals surface area (Å²) in [6, 6.07) is 13.5. The Balaban J connectivity index is 1.69. The monoisotopic (exact) mass is 397 g/mol. The first-order valence-electron chi connectivity index (χ1n) is 9.19. The van der Waals surface area contributed by atoms with Crippen LogP contribution in [-0.2, 0) is 10.0 Å². The molecule has 0 spiro atoms. The second-order valence-corrected chi connectivity index (χ2v) is 8.37. The van der Waals surface area contributed by atoms with Gasteiger partial charge in [0.1, 0.15) is 0 Å². The molecule has 0 atom stereocenters. The molecule has 0 bridgehead atoms. The highest BCUT2D eigenvalue weighted by molar-refractivity contribution is 7.89. The summed E-state index contributed by atoms with van der Waals surface area (Å²) < 4.78 is 26.4. The quantitative estimate of drug-likeness (QED) is 0.735. The molecule has 0 saturated carbocycles. The molecule has 146 valence electrons. The summed E-state index contributed by atoms with van der Waals surface area (Å²) in [5.41, 5.74) is 2.18. The van der Waals surface area contributed by atoms with Crippen molar-refractivity contribution in [3.8, 4) is 12.3 Å². The third-order valence-corrected chi connectivity index (χ3v) is 6.03. The average molecular weight is 398 g/mol. The third-order valence-electron chi connectivity index (χ3n) is 4.62. The number of hydrogen-bond donors (Lipinski definition) is 2. The van der Waals surface area contributed by atoms with Gasteiger partial charge in [0, 0.05) is 30.0 Å². The topological polar surface area (TPSA) is 78.5 Å². The van der Waals surface area contributed by atoms with Gasteiger partial charge in [0.25, 0.3) is 5.91 Å². The zero-order chi connectivity index (χ0) is 20.0.